The van der Waals surface area contributed by atoms with Gasteiger partial charge in [-0.05, 0) is 42.9 Å². The number of alkyl halides is 2. The number of ether oxygens (including phenoxy) is 2. The highest BCUT2D eigenvalue weighted by molar-refractivity contribution is 6.00. The maximum Gasteiger partial charge on any atom is 0.249 e. The fourth-order valence-electron chi connectivity index (χ4n) is 5.25. The van der Waals surface area contributed by atoms with Gasteiger partial charge in [0.1, 0.15) is 0 Å². The molecule has 4 aliphatic rings. The molecule has 0 aromatic heterocycles. The molecule has 146 valence electrons. The van der Waals surface area contributed by atoms with Crippen LogP contribution in [0.1, 0.15) is 56.4 Å². The third kappa shape index (κ3) is 2.88. The van der Waals surface area contributed by atoms with E-state index in [1.54, 1.807) is 0 Å². The van der Waals surface area contributed by atoms with Gasteiger partial charge < -0.3 is 14.4 Å². The smallest absolute Gasteiger partial charge is 0.249 e. The molecular formula is C21H25F2NO3. The molecule has 0 unspecified atom stereocenters. The van der Waals surface area contributed by atoms with E-state index in [2.05, 4.69) is 0 Å². The van der Waals surface area contributed by atoms with Gasteiger partial charge in [-0.1, -0.05) is 12.1 Å². The van der Waals surface area contributed by atoms with Crippen molar-refractivity contribution in [2.24, 2.45) is 5.41 Å². The summed E-state index contributed by atoms with van der Waals surface area (Å²) in [5.41, 5.74) is 1.52. The van der Waals surface area contributed by atoms with Crippen molar-refractivity contribution in [3.05, 3.63) is 29.8 Å². The van der Waals surface area contributed by atoms with E-state index in [4.69, 9.17) is 9.47 Å². The van der Waals surface area contributed by atoms with Crippen molar-refractivity contribution in [1.29, 1.82) is 0 Å². The first-order valence-electron chi connectivity index (χ1n) is 9.98. The summed E-state index contributed by atoms with van der Waals surface area (Å²) in [5, 5.41) is 0. The van der Waals surface area contributed by atoms with Gasteiger partial charge in [0.2, 0.25) is 11.8 Å². The minimum Gasteiger partial charge on any atom is -0.348 e. The van der Waals surface area contributed by atoms with Crippen LogP contribution in [0.4, 0.5) is 14.5 Å². The number of amides is 1. The Morgan fingerprint density at radius 3 is 2.15 bits per heavy atom. The third-order valence-corrected chi connectivity index (χ3v) is 7.06. The molecule has 27 heavy (non-hydrogen) atoms. The molecule has 5 rings (SSSR count). The Kier molecular flexibility index (Phi) is 3.89. The molecule has 2 saturated carbocycles. The van der Waals surface area contributed by atoms with E-state index in [1.165, 1.54) is 0 Å². The Morgan fingerprint density at radius 1 is 0.926 bits per heavy atom. The Hall–Kier alpha value is -1.53. The van der Waals surface area contributed by atoms with Crippen LogP contribution < -0.4 is 4.90 Å². The zero-order chi connectivity index (χ0) is 18.7. The number of halogens is 2. The quantitative estimate of drug-likeness (QED) is 0.774. The lowest BCUT2D eigenvalue weighted by Crippen LogP contribution is -2.44. The molecule has 1 amide bonds. The summed E-state index contributed by atoms with van der Waals surface area (Å²) >= 11 is 0. The molecule has 2 aliphatic carbocycles. The number of hydrogen-bond donors (Lipinski definition) is 0. The van der Waals surface area contributed by atoms with E-state index in [-0.39, 0.29) is 30.1 Å². The monoisotopic (exact) mass is 377 g/mol. The lowest BCUT2D eigenvalue weighted by atomic mass is 9.71. The van der Waals surface area contributed by atoms with Gasteiger partial charge in [-0.25, -0.2) is 8.78 Å². The van der Waals surface area contributed by atoms with Gasteiger partial charge in [-0.2, -0.15) is 0 Å². The Balaban J connectivity index is 1.26. The van der Waals surface area contributed by atoms with E-state index in [1.807, 2.05) is 29.2 Å². The predicted molar refractivity (Wildman–Crippen MR) is 95.9 cm³/mol. The van der Waals surface area contributed by atoms with Gasteiger partial charge in [-0.3, -0.25) is 4.79 Å². The van der Waals surface area contributed by atoms with Crippen LogP contribution in [0.3, 0.4) is 0 Å². The summed E-state index contributed by atoms with van der Waals surface area (Å²) in [5.74, 6) is -2.83. The maximum absolute atomic E-state index is 13.2. The van der Waals surface area contributed by atoms with E-state index in [0.29, 0.717) is 19.8 Å². The summed E-state index contributed by atoms with van der Waals surface area (Å²) in [6.07, 6.45) is 3.89. The first-order chi connectivity index (χ1) is 12.9. The number of carbonyl (C=O) groups excluding carboxylic acids is 1. The van der Waals surface area contributed by atoms with Crippen molar-refractivity contribution in [3.63, 3.8) is 0 Å². The Morgan fingerprint density at radius 2 is 1.56 bits per heavy atom. The fraction of sp³-hybridized carbons (Fsp3) is 0.667. The summed E-state index contributed by atoms with van der Waals surface area (Å²) < 4.78 is 37.8. The highest BCUT2D eigenvalue weighted by atomic mass is 19.3. The standard InChI is InChI=1S/C21H25F2NO3/c22-20(23)13-16(14-20)15-1-3-17(4-2-15)24-10-9-19(18(24)25)5-7-21(8-6-19)26-11-12-27-21/h1-4,16H,5-14H2. The van der Waals surface area contributed by atoms with E-state index >= 15 is 0 Å². The molecule has 0 radical (unpaired) electrons. The van der Waals surface area contributed by atoms with Crippen LogP contribution in [0.5, 0.6) is 0 Å². The second-order valence-electron chi connectivity index (χ2n) is 8.65. The highest BCUT2D eigenvalue weighted by Gasteiger charge is 2.53. The van der Waals surface area contributed by atoms with Crippen LogP contribution in [0.2, 0.25) is 0 Å². The number of rotatable bonds is 2. The van der Waals surface area contributed by atoms with E-state index < -0.39 is 11.7 Å². The summed E-state index contributed by atoms with van der Waals surface area (Å²) in [4.78, 5) is 15.1. The molecule has 2 aliphatic heterocycles. The van der Waals surface area contributed by atoms with Crippen molar-refractivity contribution in [1.82, 2.24) is 0 Å². The fourth-order valence-corrected chi connectivity index (χ4v) is 5.25. The van der Waals surface area contributed by atoms with Crippen LogP contribution in [0, 0.1) is 5.41 Å². The highest BCUT2D eigenvalue weighted by Crippen LogP contribution is 2.51. The van der Waals surface area contributed by atoms with Crippen LogP contribution in [-0.4, -0.2) is 37.4 Å². The van der Waals surface area contributed by atoms with Gasteiger partial charge in [0.15, 0.2) is 5.79 Å². The molecule has 1 aromatic carbocycles. The molecule has 2 saturated heterocycles. The minimum atomic E-state index is -2.51. The number of anilines is 1. The predicted octanol–water partition coefficient (Wildman–Crippen LogP) is 4.24. The molecule has 2 spiro atoms. The zero-order valence-electron chi connectivity index (χ0n) is 15.4. The lowest BCUT2D eigenvalue weighted by molar-refractivity contribution is -0.191. The lowest BCUT2D eigenvalue weighted by Gasteiger charge is -2.40. The topological polar surface area (TPSA) is 38.8 Å². The van der Waals surface area contributed by atoms with Crippen LogP contribution in [0.15, 0.2) is 24.3 Å². The van der Waals surface area contributed by atoms with Gasteiger partial charge >= 0.3 is 0 Å². The third-order valence-electron chi connectivity index (χ3n) is 7.06. The molecule has 2 heterocycles. The van der Waals surface area contributed by atoms with E-state index in [9.17, 15) is 13.6 Å². The van der Waals surface area contributed by atoms with Crippen molar-refractivity contribution in [3.8, 4) is 0 Å². The molecule has 0 atom stereocenters. The maximum atomic E-state index is 13.2. The molecular weight excluding hydrogens is 352 g/mol. The van der Waals surface area contributed by atoms with Crippen molar-refractivity contribution < 1.29 is 23.0 Å². The molecule has 4 fully saturated rings. The van der Waals surface area contributed by atoms with Crippen LogP contribution in [0.25, 0.3) is 0 Å². The molecule has 0 N–H and O–H groups in total. The largest absolute Gasteiger partial charge is 0.348 e. The van der Waals surface area contributed by atoms with Crippen molar-refractivity contribution in [2.45, 2.75) is 62.6 Å². The number of carbonyl (C=O) groups is 1. The average molecular weight is 377 g/mol. The van der Waals surface area contributed by atoms with Crippen LogP contribution >= 0.6 is 0 Å². The Bertz CT molecular complexity index is 724. The first kappa shape index (κ1) is 17.6. The van der Waals surface area contributed by atoms with Gasteiger partial charge in [-0.15, -0.1) is 0 Å². The van der Waals surface area contributed by atoms with Gasteiger partial charge in [0.05, 0.1) is 18.6 Å². The van der Waals surface area contributed by atoms with Crippen LogP contribution in [-0.2, 0) is 14.3 Å². The average Bonchev–Trinajstić information content (AvgIpc) is 3.22. The first-order valence-corrected chi connectivity index (χ1v) is 9.98. The second kappa shape index (κ2) is 5.98. The normalized spacial score (nSPS) is 28.8. The second-order valence-corrected chi connectivity index (χ2v) is 8.65. The molecule has 1 aromatic rings. The SMILES string of the molecule is O=C1N(c2ccc(C3CC(F)(F)C3)cc2)CCC12CCC1(CC2)OCCO1. The van der Waals surface area contributed by atoms with Crippen molar-refractivity contribution in [2.75, 3.05) is 24.7 Å². The minimum absolute atomic E-state index is 0.0596. The zero-order valence-corrected chi connectivity index (χ0v) is 15.4. The summed E-state index contributed by atoms with van der Waals surface area (Å²) in [6.45, 7) is 2.01. The molecule has 4 nitrogen and oxygen atoms in total. The van der Waals surface area contributed by atoms with E-state index in [0.717, 1.165) is 43.4 Å². The molecule has 0 bridgehead atoms. The van der Waals surface area contributed by atoms with Gasteiger partial charge in [0, 0.05) is 37.9 Å². The summed E-state index contributed by atoms with van der Waals surface area (Å²) in [6, 6.07) is 7.64. The van der Waals surface area contributed by atoms with Gasteiger partial charge in [0.25, 0.3) is 0 Å². The number of nitrogens with zero attached hydrogens (tertiary/aromatic N) is 1. The Labute approximate surface area is 157 Å². The van der Waals surface area contributed by atoms with Crippen molar-refractivity contribution >= 4 is 11.6 Å². The molecule has 6 heteroatoms. The number of benzene rings is 1. The number of hydrogen-bond acceptors (Lipinski definition) is 3. The summed E-state index contributed by atoms with van der Waals surface area (Å²) in [7, 11) is 0.